The summed E-state index contributed by atoms with van der Waals surface area (Å²) in [6.45, 7) is 9.21. The van der Waals surface area contributed by atoms with Crippen LogP contribution in [0.4, 0.5) is 0 Å². The maximum Gasteiger partial charge on any atom is 0.125 e. The second kappa shape index (κ2) is 10.4. The summed E-state index contributed by atoms with van der Waals surface area (Å²) in [6, 6.07) is 12.2. The quantitative estimate of drug-likeness (QED) is 0.329. The van der Waals surface area contributed by atoms with Crippen LogP contribution in [0.2, 0.25) is 0 Å². The minimum absolute atomic E-state index is 0.498. The molecule has 0 aliphatic rings. The van der Waals surface area contributed by atoms with Gasteiger partial charge in [0.15, 0.2) is 0 Å². The van der Waals surface area contributed by atoms with Crippen LogP contribution in [0.3, 0.4) is 0 Å². The number of hydrogen-bond acceptors (Lipinski definition) is 4. The largest absolute Gasteiger partial charge is 0.490 e. The molecule has 0 amide bonds. The Balaban J connectivity index is 2.11. The van der Waals surface area contributed by atoms with Crippen molar-refractivity contribution in [3.63, 3.8) is 0 Å². The van der Waals surface area contributed by atoms with Crippen LogP contribution in [0.5, 0.6) is 11.5 Å². The number of nitrogens with zero attached hydrogens (tertiary/aromatic N) is 1. The van der Waals surface area contributed by atoms with Crippen molar-refractivity contribution in [2.75, 3.05) is 13.7 Å². The Kier molecular flexibility index (Phi) is 7.93. The average Bonchev–Trinajstić information content (AvgIpc) is 2.66. The molecule has 2 aromatic carbocycles. The van der Waals surface area contributed by atoms with Crippen LogP contribution in [0, 0.1) is 13.8 Å². The zero-order chi connectivity index (χ0) is 19.6. The molecule has 2 rings (SSSR count). The van der Waals surface area contributed by atoms with Crippen molar-refractivity contribution in [2.24, 2.45) is 5.16 Å². The fourth-order valence-corrected chi connectivity index (χ4v) is 2.89. The van der Waals surface area contributed by atoms with E-state index in [0.29, 0.717) is 13.2 Å². The standard InChI is InChI=1S/C23H29NO3/c1-6-8-12-26-21-13-17(3)23(18(4)14-21)27-16-19-10-9-11-20(15-19)22(7-2)24-25-5/h6,8-11,13-15H,7,12,16H2,1-5H3/b8-6+,24-22?. The van der Waals surface area contributed by atoms with E-state index in [-0.39, 0.29) is 0 Å². The Morgan fingerprint density at radius 2 is 1.81 bits per heavy atom. The van der Waals surface area contributed by atoms with Crippen LogP contribution in [0.1, 0.15) is 42.5 Å². The highest BCUT2D eigenvalue weighted by molar-refractivity contribution is 6.00. The molecule has 144 valence electrons. The van der Waals surface area contributed by atoms with Gasteiger partial charge in [0.25, 0.3) is 0 Å². The predicted molar refractivity (Wildman–Crippen MR) is 111 cm³/mol. The predicted octanol–water partition coefficient (Wildman–Crippen LogP) is 5.60. The van der Waals surface area contributed by atoms with Gasteiger partial charge < -0.3 is 14.3 Å². The number of allylic oxidation sites excluding steroid dienone is 1. The van der Waals surface area contributed by atoms with Gasteiger partial charge in [0.2, 0.25) is 0 Å². The highest BCUT2D eigenvalue weighted by atomic mass is 16.6. The zero-order valence-corrected chi connectivity index (χ0v) is 16.9. The third-order valence-electron chi connectivity index (χ3n) is 4.20. The van der Waals surface area contributed by atoms with Crippen molar-refractivity contribution in [2.45, 2.75) is 40.7 Å². The number of benzene rings is 2. The van der Waals surface area contributed by atoms with Crippen molar-refractivity contribution in [3.05, 3.63) is 70.8 Å². The lowest BCUT2D eigenvalue weighted by Gasteiger charge is -2.15. The molecule has 27 heavy (non-hydrogen) atoms. The van der Waals surface area contributed by atoms with Gasteiger partial charge in [0, 0.05) is 0 Å². The van der Waals surface area contributed by atoms with Crippen LogP contribution in [0.25, 0.3) is 0 Å². The van der Waals surface area contributed by atoms with Crippen LogP contribution in [-0.2, 0) is 11.4 Å². The van der Waals surface area contributed by atoms with Crippen molar-refractivity contribution in [1.29, 1.82) is 0 Å². The Hall–Kier alpha value is -2.75. The first kappa shape index (κ1) is 20.6. The minimum Gasteiger partial charge on any atom is -0.490 e. The summed E-state index contributed by atoms with van der Waals surface area (Å²) in [4.78, 5) is 4.94. The Morgan fingerprint density at radius 1 is 1.07 bits per heavy atom. The summed E-state index contributed by atoms with van der Waals surface area (Å²) in [5.74, 6) is 1.76. The first-order chi connectivity index (χ1) is 13.1. The van der Waals surface area contributed by atoms with Crippen molar-refractivity contribution >= 4 is 5.71 Å². The minimum atomic E-state index is 0.498. The van der Waals surface area contributed by atoms with Gasteiger partial charge in [-0.3, -0.25) is 0 Å². The summed E-state index contributed by atoms with van der Waals surface area (Å²) < 4.78 is 11.9. The second-order valence-electron chi connectivity index (χ2n) is 6.33. The number of rotatable bonds is 9. The van der Waals surface area contributed by atoms with Gasteiger partial charge >= 0.3 is 0 Å². The normalized spacial score (nSPS) is 11.7. The first-order valence-electron chi connectivity index (χ1n) is 9.26. The van der Waals surface area contributed by atoms with Gasteiger partial charge in [-0.15, -0.1) is 0 Å². The summed E-state index contributed by atoms with van der Waals surface area (Å²) in [5.41, 5.74) is 5.21. The third-order valence-corrected chi connectivity index (χ3v) is 4.20. The summed E-state index contributed by atoms with van der Waals surface area (Å²) in [7, 11) is 1.57. The van der Waals surface area contributed by atoms with E-state index in [1.54, 1.807) is 7.11 Å². The lowest BCUT2D eigenvalue weighted by atomic mass is 10.1. The van der Waals surface area contributed by atoms with E-state index < -0.39 is 0 Å². The van der Waals surface area contributed by atoms with Crippen LogP contribution in [-0.4, -0.2) is 19.4 Å². The van der Waals surface area contributed by atoms with Crippen LogP contribution >= 0.6 is 0 Å². The van der Waals surface area contributed by atoms with E-state index in [1.807, 2.05) is 57.2 Å². The molecule has 0 saturated carbocycles. The molecular formula is C23H29NO3. The van der Waals surface area contributed by atoms with Gasteiger partial charge in [-0.25, -0.2) is 0 Å². The topological polar surface area (TPSA) is 40.0 Å². The molecule has 0 atom stereocenters. The van der Waals surface area contributed by atoms with E-state index in [1.165, 1.54) is 0 Å². The monoisotopic (exact) mass is 367 g/mol. The molecule has 0 aromatic heterocycles. The van der Waals surface area contributed by atoms with Crippen LogP contribution < -0.4 is 9.47 Å². The number of oxime groups is 1. The third kappa shape index (κ3) is 5.88. The second-order valence-corrected chi connectivity index (χ2v) is 6.33. The number of ether oxygens (including phenoxy) is 2. The molecule has 4 heteroatoms. The molecule has 0 bridgehead atoms. The van der Waals surface area contributed by atoms with Gasteiger partial charge in [-0.05, 0) is 67.6 Å². The average molecular weight is 367 g/mol. The molecule has 0 fully saturated rings. The number of hydrogen-bond donors (Lipinski definition) is 0. The van der Waals surface area contributed by atoms with Crippen molar-refractivity contribution in [1.82, 2.24) is 0 Å². The Bertz CT molecular complexity index is 786. The van der Waals surface area contributed by atoms with Gasteiger partial charge in [-0.2, -0.15) is 0 Å². The molecule has 0 spiro atoms. The summed E-state index contributed by atoms with van der Waals surface area (Å²) in [5, 5.41) is 4.10. The van der Waals surface area contributed by atoms with E-state index in [4.69, 9.17) is 14.3 Å². The maximum absolute atomic E-state index is 6.12. The molecular weight excluding hydrogens is 338 g/mol. The van der Waals surface area contributed by atoms with Gasteiger partial charge in [0.1, 0.15) is 31.8 Å². The Labute approximate surface area is 162 Å². The van der Waals surface area contributed by atoms with Gasteiger partial charge in [0.05, 0.1) is 5.71 Å². The molecule has 0 saturated heterocycles. The molecule has 2 aromatic rings. The van der Waals surface area contributed by atoms with Crippen molar-refractivity contribution < 1.29 is 14.3 Å². The van der Waals surface area contributed by atoms with E-state index >= 15 is 0 Å². The molecule has 0 unspecified atom stereocenters. The van der Waals surface area contributed by atoms with E-state index in [9.17, 15) is 0 Å². The molecule has 0 heterocycles. The first-order valence-corrected chi connectivity index (χ1v) is 9.26. The lowest BCUT2D eigenvalue weighted by molar-refractivity contribution is 0.213. The van der Waals surface area contributed by atoms with E-state index in [2.05, 4.69) is 24.2 Å². The smallest absolute Gasteiger partial charge is 0.125 e. The molecule has 0 aliphatic heterocycles. The molecule has 0 N–H and O–H groups in total. The maximum atomic E-state index is 6.12. The SMILES string of the molecule is C/C=C/COc1cc(C)c(OCc2cccc(C(CC)=NOC)c2)c(C)c1. The van der Waals surface area contributed by atoms with E-state index in [0.717, 1.165) is 45.9 Å². The van der Waals surface area contributed by atoms with Gasteiger partial charge in [-0.1, -0.05) is 42.4 Å². The molecule has 0 radical (unpaired) electrons. The highest BCUT2D eigenvalue weighted by Gasteiger charge is 2.09. The lowest BCUT2D eigenvalue weighted by Crippen LogP contribution is -2.04. The number of aryl methyl sites for hydroxylation is 2. The van der Waals surface area contributed by atoms with Crippen LogP contribution in [0.15, 0.2) is 53.7 Å². The summed E-state index contributed by atoms with van der Waals surface area (Å²) in [6.07, 6.45) is 4.77. The zero-order valence-electron chi connectivity index (χ0n) is 16.9. The Morgan fingerprint density at radius 3 is 2.44 bits per heavy atom. The molecule has 4 nitrogen and oxygen atoms in total. The molecule has 0 aliphatic carbocycles. The fourth-order valence-electron chi connectivity index (χ4n) is 2.89. The fraction of sp³-hybridized carbons (Fsp3) is 0.348. The summed E-state index contributed by atoms with van der Waals surface area (Å²) >= 11 is 0. The highest BCUT2D eigenvalue weighted by Crippen LogP contribution is 2.29. The van der Waals surface area contributed by atoms with Crippen molar-refractivity contribution in [3.8, 4) is 11.5 Å².